The van der Waals surface area contributed by atoms with Gasteiger partial charge in [0.25, 0.3) is 5.91 Å². The third-order valence-electron chi connectivity index (χ3n) is 5.19. The summed E-state index contributed by atoms with van der Waals surface area (Å²) >= 11 is 2.31. The molecule has 1 aromatic heterocycles. The van der Waals surface area contributed by atoms with Crippen LogP contribution in [0.15, 0.2) is 16.4 Å². The number of halogens is 3. The number of thioether (sulfide) groups is 2. The van der Waals surface area contributed by atoms with E-state index in [1.54, 1.807) is 20.8 Å². The standard InChI is InChI=1S/C20H27F3N8O7S3/c1-19(2,3)38-16(34)13-10(7-40-18-27-28-29-30(18)5-4-25-17(24)35)6-39-15-12(14(33)31(13)15)26-11(32)8-41(36,37)9-20(21,22)23/h12,15H,4-9H2,1-3H3,(H,26,32)(H3,24,25,35)/t12?,15-/m1/s1. The quantitative estimate of drug-likeness (QED) is 0.157. The number of nitrogens with zero attached hydrogens (tertiary/aromatic N) is 5. The first-order valence-electron chi connectivity index (χ1n) is 11.8. The van der Waals surface area contributed by atoms with Gasteiger partial charge in [0.05, 0.1) is 6.54 Å². The largest absolute Gasteiger partial charge is 0.455 e. The number of tetrazole rings is 1. The highest BCUT2D eigenvalue weighted by molar-refractivity contribution is 8.01. The van der Waals surface area contributed by atoms with Crippen LogP contribution >= 0.6 is 23.5 Å². The second-order valence-electron chi connectivity index (χ2n) is 9.82. The van der Waals surface area contributed by atoms with Gasteiger partial charge in [-0.25, -0.2) is 22.7 Å². The highest BCUT2D eigenvalue weighted by Gasteiger charge is 2.55. The lowest BCUT2D eigenvalue weighted by Crippen LogP contribution is -2.71. The first-order valence-corrected chi connectivity index (χ1v) is 15.6. The van der Waals surface area contributed by atoms with Crippen LogP contribution in [-0.4, -0.2) is 110 Å². The van der Waals surface area contributed by atoms with Crippen LogP contribution < -0.4 is 16.4 Å². The van der Waals surface area contributed by atoms with Crippen LogP contribution in [0.2, 0.25) is 0 Å². The Kier molecular flexibility index (Phi) is 9.84. The van der Waals surface area contributed by atoms with Crippen molar-refractivity contribution < 1.29 is 45.5 Å². The number of nitrogens with two attached hydrogens (primary N) is 1. The van der Waals surface area contributed by atoms with Crippen molar-refractivity contribution >= 4 is 57.2 Å². The molecule has 3 rings (SSSR count). The van der Waals surface area contributed by atoms with E-state index < -0.39 is 68.4 Å². The lowest BCUT2D eigenvalue weighted by atomic mass is 10.0. The zero-order valence-electron chi connectivity index (χ0n) is 21.9. The van der Waals surface area contributed by atoms with Crippen LogP contribution in [0.5, 0.6) is 0 Å². The molecular formula is C20H27F3N8O7S3. The number of urea groups is 1. The number of hydrogen-bond acceptors (Lipinski definition) is 12. The Morgan fingerprint density at radius 1 is 1.24 bits per heavy atom. The molecule has 0 bridgehead atoms. The molecule has 0 spiro atoms. The van der Waals surface area contributed by atoms with Crippen molar-refractivity contribution in [1.29, 1.82) is 0 Å². The molecule has 3 heterocycles. The number of carbonyl (C=O) groups is 4. The normalized spacial score (nSPS) is 19.4. The van der Waals surface area contributed by atoms with Crippen molar-refractivity contribution in [2.45, 2.75) is 55.7 Å². The highest BCUT2D eigenvalue weighted by Crippen LogP contribution is 2.42. The van der Waals surface area contributed by atoms with Crippen molar-refractivity contribution in [2.24, 2.45) is 5.73 Å². The van der Waals surface area contributed by atoms with Crippen molar-refractivity contribution in [3.8, 4) is 0 Å². The molecule has 0 radical (unpaired) electrons. The van der Waals surface area contributed by atoms with Crippen LogP contribution in [-0.2, 0) is 35.5 Å². The monoisotopic (exact) mass is 644 g/mol. The number of rotatable bonds is 11. The van der Waals surface area contributed by atoms with E-state index >= 15 is 0 Å². The molecule has 21 heteroatoms. The molecule has 41 heavy (non-hydrogen) atoms. The fourth-order valence-electron chi connectivity index (χ4n) is 3.70. The number of aromatic nitrogens is 4. The molecule has 0 aliphatic carbocycles. The SMILES string of the molecule is CC(C)(C)OC(=O)C1=C(CSc2nnnn2CCNC(N)=O)CS[C@@H]2C(NC(=O)CS(=O)(=O)CC(F)(F)F)C(=O)N12. The third kappa shape index (κ3) is 8.96. The van der Waals surface area contributed by atoms with Crippen LogP contribution in [0.1, 0.15) is 20.8 Å². The van der Waals surface area contributed by atoms with Crippen LogP contribution in [0, 0.1) is 0 Å². The maximum Gasteiger partial charge on any atom is 0.402 e. The third-order valence-corrected chi connectivity index (χ3v) is 9.04. The molecular weight excluding hydrogens is 617 g/mol. The van der Waals surface area contributed by atoms with Crippen molar-refractivity contribution in [2.75, 3.05) is 29.6 Å². The van der Waals surface area contributed by atoms with Gasteiger partial charge in [0.2, 0.25) is 11.1 Å². The number of primary amides is 1. The van der Waals surface area contributed by atoms with Crippen molar-refractivity contribution in [3.63, 3.8) is 0 Å². The molecule has 2 atom stereocenters. The van der Waals surface area contributed by atoms with Gasteiger partial charge in [-0.1, -0.05) is 11.8 Å². The number of fused-ring (bicyclic) bond motifs is 1. The van der Waals surface area contributed by atoms with E-state index in [2.05, 4.69) is 26.2 Å². The summed E-state index contributed by atoms with van der Waals surface area (Å²) in [5, 5.41) is 15.4. The molecule has 2 aliphatic heterocycles. The molecule has 1 saturated heterocycles. The Morgan fingerprint density at radius 2 is 1.93 bits per heavy atom. The second kappa shape index (κ2) is 12.4. The summed E-state index contributed by atoms with van der Waals surface area (Å²) in [5.74, 6) is -6.12. The van der Waals surface area contributed by atoms with Gasteiger partial charge in [0.15, 0.2) is 9.84 Å². The predicted molar refractivity (Wildman–Crippen MR) is 139 cm³/mol. The molecule has 15 nitrogen and oxygen atoms in total. The number of carbonyl (C=O) groups excluding carboxylic acids is 4. The number of alkyl halides is 3. The van der Waals surface area contributed by atoms with E-state index in [0.717, 1.165) is 28.4 Å². The smallest absolute Gasteiger partial charge is 0.402 e. The van der Waals surface area contributed by atoms with E-state index in [-0.39, 0.29) is 30.3 Å². The van der Waals surface area contributed by atoms with Crippen LogP contribution in [0.3, 0.4) is 0 Å². The first-order chi connectivity index (χ1) is 18.9. The van der Waals surface area contributed by atoms with Gasteiger partial charge in [-0.3, -0.25) is 14.5 Å². The lowest BCUT2D eigenvalue weighted by Gasteiger charge is -2.50. The summed E-state index contributed by atoms with van der Waals surface area (Å²) in [6.45, 7) is 5.25. The van der Waals surface area contributed by atoms with Crippen molar-refractivity contribution in [3.05, 3.63) is 11.3 Å². The summed E-state index contributed by atoms with van der Waals surface area (Å²) in [7, 11) is -4.81. The van der Waals surface area contributed by atoms with E-state index in [0.29, 0.717) is 10.7 Å². The van der Waals surface area contributed by atoms with Gasteiger partial charge < -0.3 is 21.1 Å². The highest BCUT2D eigenvalue weighted by atomic mass is 32.2. The number of β-lactam (4-membered cyclic amide) rings is 1. The van der Waals surface area contributed by atoms with E-state index in [1.165, 1.54) is 4.68 Å². The molecule has 228 valence electrons. The minimum atomic E-state index is -5.02. The summed E-state index contributed by atoms with van der Waals surface area (Å²) in [4.78, 5) is 50.5. The first kappa shape index (κ1) is 32.4. The molecule has 0 saturated carbocycles. The lowest BCUT2D eigenvalue weighted by molar-refractivity contribution is -0.158. The van der Waals surface area contributed by atoms with E-state index in [1.807, 2.05) is 0 Å². The van der Waals surface area contributed by atoms with Crippen LogP contribution in [0.25, 0.3) is 0 Å². The maximum atomic E-state index is 13.2. The summed E-state index contributed by atoms with van der Waals surface area (Å²) in [5.41, 5.74) is 4.55. The molecule has 1 aromatic rings. The number of ether oxygens (including phenoxy) is 1. The zero-order valence-corrected chi connectivity index (χ0v) is 24.4. The minimum Gasteiger partial charge on any atom is -0.455 e. The molecule has 0 aromatic carbocycles. The summed E-state index contributed by atoms with van der Waals surface area (Å²) in [6, 6.07) is -1.98. The molecule has 4 amide bonds. The van der Waals surface area contributed by atoms with Gasteiger partial charge in [-0.15, -0.1) is 16.9 Å². The Hall–Kier alpha value is -3.07. The number of esters is 1. The zero-order chi connectivity index (χ0) is 30.8. The average Bonchev–Trinajstić information content (AvgIpc) is 3.24. The van der Waals surface area contributed by atoms with Gasteiger partial charge in [0, 0.05) is 18.1 Å². The fourth-order valence-corrected chi connectivity index (χ4v) is 7.17. The number of hydrogen-bond donors (Lipinski definition) is 3. The fraction of sp³-hybridized carbons (Fsp3) is 0.650. The number of amides is 4. The number of sulfone groups is 1. The minimum absolute atomic E-state index is 0.0641. The second-order valence-corrected chi connectivity index (χ2v) is 13.9. The Balaban J connectivity index is 1.76. The molecule has 2 aliphatic rings. The summed E-state index contributed by atoms with van der Waals surface area (Å²) < 4.78 is 67.8. The van der Waals surface area contributed by atoms with Gasteiger partial charge in [-0.05, 0) is 36.8 Å². The van der Waals surface area contributed by atoms with Gasteiger partial charge in [0.1, 0.15) is 34.2 Å². The maximum absolute atomic E-state index is 13.2. The molecule has 4 N–H and O–H groups in total. The molecule has 1 unspecified atom stereocenters. The van der Waals surface area contributed by atoms with Gasteiger partial charge >= 0.3 is 18.2 Å². The van der Waals surface area contributed by atoms with E-state index in [9.17, 15) is 40.8 Å². The van der Waals surface area contributed by atoms with Crippen LogP contribution in [0.4, 0.5) is 18.0 Å². The Morgan fingerprint density at radius 3 is 2.54 bits per heavy atom. The Bertz CT molecular complexity index is 1340. The Labute approximate surface area is 240 Å². The molecule has 1 fully saturated rings. The topological polar surface area (TPSA) is 209 Å². The summed E-state index contributed by atoms with van der Waals surface area (Å²) in [6.07, 6.45) is -5.02. The van der Waals surface area contributed by atoms with E-state index in [4.69, 9.17) is 10.5 Å². The van der Waals surface area contributed by atoms with Gasteiger partial charge in [-0.2, -0.15) is 13.2 Å². The number of nitrogens with one attached hydrogen (secondary N) is 2. The average molecular weight is 645 g/mol. The predicted octanol–water partition coefficient (Wildman–Crippen LogP) is -0.594. The van der Waals surface area contributed by atoms with Crippen molar-refractivity contribution in [1.82, 2.24) is 35.7 Å².